The summed E-state index contributed by atoms with van der Waals surface area (Å²) in [6.45, 7) is 1.58. The maximum atomic E-state index is 13.2. The molecule has 0 saturated carbocycles. The molecule has 0 bridgehead atoms. The van der Waals surface area contributed by atoms with E-state index in [-0.39, 0.29) is 5.91 Å². The Kier molecular flexibility index (Phi) is 4.80. The van der Waals surface area contributed by atoms with E-state index in [0.29, 0.717) is 22.2 Å². The number of likely N-dealkylation sites (tertiary alicyclic amines) is 1. The highest BCUT2D eigenvalue weighted by molar-refractivity contribution is 6.30. The number of furan rings is 1. The number of aromatic nitrogens is 2. The standard InChI is InChI=1S/C20H20ClN3O2/c21-15-7-9-16(10-8-15)24-18(14-17(22-24)19-6-5-13-26-19)20(25)23-11-3-1-2-4-12-23/h5-10,13-14H,1-4,11-12H2. The van der Waals surface area contributed by atoms with Gasteiger partial charge < -0.3 is 9.32 Å². The fraction of sp³-hybridized carbons (Fsp3) is 0.300. The summed E-state index contributed by atoms with van der Waals surface area (Å²) in [7, 11) is 0. The van der Waals surface area contributed by atoms with Crippen LogP contribution < -0.4 is 0 Å². The summed E-state index contributed by atoms with van der Waals surface area (Å²) in [5.74, 6) is 0.648. The van der Waals surface area contributed by atoms with Gasteiger partial charge in [-0.2, -0.15) is 5.10 Å². The number of carbonyl (C=O) groups excluding carboxylic acids is 1. The molecule has 3 aromatic rings. The average molecular weight is 370 g/mol. The minimum Gasteiger partial charge on any atom is -0.463 e. The van der Waals surface area contributed by atoms with E-state index in [4.69, 9.17) is 16.0 Å². The third-order valence-electron chi connectivity index (χ3n) is 4.67. The molecule has 1 saturated heterocycles. The Labute approximate surface area is 157 Å². The Bertz CT molecular complexity index is 876. The molecule has 6 heteroatoms. The van der Waals surface area contributed by atoms with Gasteiger partial charge in [0.1, 0.15) is 11.4 Å². The Hall–Kier alpha value is -2.53. The van der Waals surface area contributed by atoms with Crippen LogP contribution in [0.4, 0.5) is 0 Å². The summed E-state index contributed by atoms with van der Waals surface area (Å²) in [4.78, 5) is 15.1. The van der Waals surface area contributed by atoms with E-state index >= 15 is 0 Å². The van der Waals surface area contributed by atoms with Crippen molar-refractivity contribution in [2.24, 2.45) is 0 Å². The van der Waals surface area contributed by atoms with Crippen molar-refractivity contribution in [3.8, 4) is 17.1 Å². The highest BCUT2D eigenvalue weighted by Crippen LogP contribution is 2.24. The van der Waals surface area contributed by atoms with Crippen molar-refractivity contribution in [1.29, 1.82) is 0 Å². The summed E-state index contributed by atoms with van der Waals surface area (Å²) < 4.78 is 7.15. The van der Waals surface area contributed by atoms with Crippen LogP contribution in [0, 0.1) is 0 Å². The van der Waals surface area contributed by atoms with Crippen LogP contribution in [0.25, 0.3) is 17.1 Å². The molecule has 0 radical (unpaired) electrons. The molecule has 1 aliphatic heterocycles. The zero-order chi connectivity index (χ0) is 17.9. The molecule has 1 aromatic carbocycles. The molecule has 0 unspecified atom stereocenters. The Morgan fingerprint density at radius 3 is 2.42 bits per heavy atom. The van der Waals surface area contributed by atoms with E-state index in [1.807, 2.05) is 29.2 Å². The molecule has 3 heterocycles. The molecule has 1 amide bonds. The highest BCUT2D eigenvalue weighted by atomic mass is 35.5. The zero-order valence-electron chi connectivity index (χ0n) is 14.4. The number of carbonyl (C=O) groups is 1. The van der Waals surface area contributed by atoms with E-state index in [9.17, 15) is 4.79 Å². The summed E-state index contributed by atoms with van der Waals surface area (Å²) in [6.07, 6.45) is 6.06. The van der Waals surface area contributed by atoms with Crippen molar-refractivity contribution in [1.82, 2.24) is 14.7 Å². The van der Waals surface area contributed by atoms with Gasteiger partial charge in [-0.3, -0.25) is 4.79 Å². The van der Waals surface area contributed by atoms with Crippen LogP contribution in [-0.2, 0) is 0 Å². The van der Waals surface area contributed by atoms with E-state index in [0.717, 1.165) is 31.6 Å². The number of hydrogen-bond donors (Lipinski definition) is 0. The SMILES string of the molecule is O=C(c1cc(-c2ccco2)nn1-c1ccc(Cl)cc1)N1CCCCCC1. The summed E-state index contributed by atoms with van der Waals surface area (Å²) in [6, 6.07) is 12.8. The number of benzene rings is 1. The van der Waals surface area contributed by atoms with Gasteiger partial charge in [-0.1, -0.05) is 24.4 Å². The van der Waals surface area contributed by atoms with E-state index in [1.54, 1.807) is 29.1 Å². The minimum atomic E-state index is 0.00663. The highest BCUT2D eigenvalue weighted by Gasteiger charge is 2.24. The number of hydrogen-bond acceptors (Lipinski definition) is 3. The quantitative estimate of drug-likeness (QED) is 0.666. The molecule has 134 valence electrons. The van der Waals surface area contributed by atoms with E-state index < -0.39 is 0 Å². The third-order valence-corrected chi connectivity index (χ3v) is 4.92. The Balaban J connectivity index is 1.76. The largest absolute Gasteiger partial charge is 0.463 e. The smallest absolute Gasteiger partial charge is 0.272 e. The fourth-order valence-electron chi connectivity index (χ4n) is 3.29. The molecule has 0 aliphatic carbocycles. The van der Waals surface area contributed by atoms with Crippen LogP contribution in [0.1, 0.15) is 36.2 Å². The Morgan fingerprint density at radius 2 is 1.77 bits per heavy atom. The first-order valence-electron chi connectivity index (χ1n) is 8.91. The maximum absolute atomic E-state index is 13.2. The molecule has 4 rings (SSSR count). The van der Waals surface area contributed by atoms with Gasteiger partial charge in [0.15, 0.2) is 5.76 Å². The predicted octanol–water partition coefficient (Wildman–Crippen LogP) is 4.80. The molecule has 2 aromatic heterocycles. The number of amides is 1. The fourth-order valence-corrected chi connectivity index (χ4v) is 3.42. The average Bonchev–Trinajstić information content (AvgIpc) is 3.26. The molecular weight excluding hydrogens is 350 g/mol. The van der Waals surface area contributed by atoms with Crippen LogP contribution in [-0.4, -0.2) is 33.7 Å². The molecule has 0 spiro atoms. The van der Waals surface area contributed by atoms with Gasteiger partial charge in [0.2, 0.25) is 0 Å². The lowest BCUT2D eigenvalue weighted by atomic mass is 10.2. The van der Waals surface area contributed by atoms with Gasteiger partial charge in [0, 0.05) is 24.2 Å². The lowest BCUT2D eigenvalue weighted by Gasteiger charge is -2.20. The predicted molar refractivity (Wildman–Crippen MR) is 101 cm³/mol. The molecule has 0 atom stereocenters. The van der Waals surface area contributed by atoms with Gasteiger partial charge in [0.05, 0.1) is 12.0 Å². The second kappa shape index (κ2) is 7.38. The molecule has 5 nitrogen and oxygen atoms in total. The number of nitrogens with zero attached hydrogens (tertiary/aromatic N) is 3. The molecule has 1 aliphatic rings. The van der Waals surface area contributed by atoms with Gasteiger partial charge >= 0.3 is 0 Å². The first-order chi connectivity index (χ1) is 12.7. The molecule has 26 heavy (non-hydrogen) atoms. The molecular formula is C20H20ClN3O2. The Morgan fingerprint density at radius 1 is 1.04 bits per heavy atom. The maximum Gasteiger partial charge on any atom is 0.272 e. The van der Waals surface area contributed by atoms with Crippen molar-refractivity contribution < 1.29 is 9.21 Å². The topological polar surface area (TPSA) is 51.3 Å². The first-order valence-corrected chi connectivity index (χ1v) is 9.29. The van der Waals surface area contributed by atoms with E-state index in [1.165, 1.54) is 12.8 Å². The minimum absolute atomic E-state index is 0.00663. The van der Waals surface area contributed by atoms with Crippen LogP contribution >= 0.6 is 11.6 Å². The van der Waals surface area contributed by atoms with Crippen LogP contribution in [0.5, 0.6) is 0 Å². The van der Waals surface area contributed by atoms with Gasteiger partial charge in [-0.15, -0.1) is 0 Å². The number of rotatable bonds is 3. The zero-order valence-corrected chi connectivity index (χ0v) is 15.2. The normalized spacial score (nSPS) is 15.0. The monoisotopic (exact) mass is 369 g/mol. The van der Waals surface area contributed by atoms with Crippen LogP contribution in [0.3, 0.4) is 0 Å². The van der Waals surface area contributed by atoms with Crippen molar-refractivity contribution >= 4 is 17.5 Å². The summed E-state index contributed by atoms with van der Waals surface area (Å²) in [5.41, 5.74) is 1.98. The van der Waals surface area contributed by atoms with Gasteiger partial charge in [-0.25, -0.2) is 4.68 Å². The van der Waals surface area contributed by atoms with Crippen LogP contribution in [0.2, 0.25) is 5.02 Å². The van der Waals surface area contributed by atoms with Crippen molar-refractivity contribution in [3.63, 3.8) is 0 Å². The lowest BCUT2D eigenvalue weighted by Crippen LogP contribution is -2.33. The number of halogens is 1. The van der Waals surface area contributed by atoms with Crippen molar-refractivity contribution in [2.75, 3.05) is 13.1 Å². The van der Waals surface area contributed by atoms with Gasteiger partial charge in [0.25, 0.3) is 5.91 Å². The van der Waals surface area contributed by atoms with E-state index in [2.05, 4.69) is 5.10 Å². The third kappa shape index (κ3) is 3.40. The lowest BCUT2D eigenvalue weighted by molar-refractivity contribution is 0.0752. The first kappa shape index (κ1) is 16.9. The van der Waals surface area contributed by atoms with Crippen molar-refractivity contribution in [3.05, 3.63) is 59.4 Å². The molecule has 1 fully saturated rings. The van der Waals surface area contributed by atoms with Gasteiger partial charge in [-0.05, 0) is 49.2 Å². The van der Waals surface area contributed by atoms with Crippen LogP contribution in [0.15, 0.2) is 53.1 Å². The summed E-state index contributed by atoms with van der Waals surface area (Å²) in [5, 5.41) is 5.27. The molecule has 0 N–H and O–H groups in total. The summed E-state index contributed by atoms with van der Waals surface area (Å²) >= 11 is 6.01. The second-order valence-corrected chi connectivity index (χ2v) is 6.92. The second-order valence-electron chi connectivity index (χ2n) is 6.49. The van der Waals surface area contributed by atoms with Crippen molar-refractivity contribution in [2.45, 2.75) is 25.7 Å².